The molecule has 0 spiro atoms. The van der Waals surface area contributed by atoms with E-state index in [1.165, 1.54) is 48.2 Å². The summed E-state index contributed by atoms with van der Waals surface area (Å²) in [6, 6.07) is 33.3. The molecule has 0 N–H and O–H groups in total. The largest absolute Gasteiger partial charge is 0.508 e. The molecule has 0 unspecified atom stereocenters. The van der Waals surface area contributed by atoms with Gasteiger partial charge >= 0.3 is 12.1 Å². The summed E-state index contributed by atoms with van der Waals surface area (Å²) in [7, 11) is 0. The summed E-state index contributed by atoms with van der Waals surface area (Å²) < 4.78 is 35.4. The molecule has 1 heterocycles. The third-order valence-corrected chi connectivity index (χ3v) is 13.5. The lowest BCUT2D eigenvalue weighted by Gasteiger charge is -2.50. The van der Waals surface area contributed by atoms with Gasteiger partial charge in [-0.05, 0) is 47.1 Å². The molecule has 0 aliphatic carbocycles. The minimum Gasteiger partial charge on any atom is -0.485 e. The van der Waals surface area contributed by atoms with Crippen LogP contribution in [0.5, 0.6) is 5.75 Å². The normalized spacial score (nSPS) is 15.7. The minimum absolute atomic E-state index is 0.0328. The van der Waals surface area contributed by atoms with Crippen LogP contribution in [0.15, 0.2) is 141 Å². The van der Waals surface area contributed by atoms with Crippen LogP contribution in [0.25, 0.3) is 0 Å². The first kappa shape index (κ1) is 37.9. The van der Waals surface area contributed by atoms with Gasteiger partial charge in [0.2, 0.25) is 11.0 Å². The first-order chi connectivity index (χ1) is 25.2. The maximum atomic E-state index is 14.7. The molecule has 1 fully saturated rings. The molecule has 12 heteroatoms. The van der Waals surface area contributed by atoms with Crippen LogP contribution < -0.4 is 20.7 Å². The summed E-state index contributed by atoms with van der Waals surface area (Å²) in [6.07, 6.45) is 0.698. The van der Waals surface area contributed by atoms with Crippen molar-refractivity contribution < 1.29 is 42.5 Å². The highest BCUT2D eigenvalue weighted by molar-refractivity contribution is 8.14. The number of hydrogen-bond acceptors (Lipinski definition) is 9. The predicted octanol–water partition coefficient (Wildman–Crippen LogP) is 5.83. The van der Waals surface area contributed by atoms with E-state index in [-0.39, 0.29) is 24.4 Å². The second-order valence-corrected chi connectivity index (χ2v) is 15.9. The summed E-state index contributed by atoms with van der Waals surface area (Å²) in [5.41, 5.74) is 0.0328. The fraction of sp³-hybridized carbons (Fsp3) is 0.175. The molecule has 0 radical (unpaired) electrons. The maximum Gasteiger partial charge on any atom is 0.508 e. The molecule has 1 aliphatic heterocycles. The van der Waals surface area contributed by atoms with E-state index >= 15 is 0 Å². The molecular formula is C40H37FNO8PS. The summed E-state index contributed by atoms with van der Waals surface area (Å²) >= 11 is 0.761. The molecule has 0 aromatic heterocycles. The standard InChI is InChI=1S/C40H37FNO8PS/c1-4-25-47-39(45)37(51(31-15-9-6-10-16-31,32-17-11-7-12-18-32)33-19-13-8-14-20-33)42-36(44)35(28(3)50-40(46)48-26-5-2)38(42)52-34(43)27-49-30-23-21-29(41)22-24-30/h4-24,28,35,38H,1-2,25-27H2,3H3/t28-,35+,38-/m1/s1. The molecule has 0 saturated carbocycles. The lowest BCUT2D eigenvalue weighted by atomic mass is 9.92. The monoisotopic (exact) mass is 741 g/mol. The van der Waals surface area contributed by atoms with Gasteiger partial charge in [-0.3, -0.25) is 14.5 Å². The fourth-order valence-electron chi connectivity index (χ4n) is 5.86. The smallest absolute Gasteiger partial charge is 0.485 e. The number of nitrogens with zero attached hydrogens (tertiary/aromatic N) is 1. The van der Waals surface area contributed by atoms with Crippen molar-refractivity contribution in [1.82, 2.24) is 4.90 Å². The number of carbonyl (C=O) groups excluding carboxylic acids is 4. The van der Waals surface area contributed by atoms with Gasteiger partial charge < -0.3 is 18.9 Å². The number of rotatable bonds is 15. The Hall–Kier alpha value is -5.38. The molecule has 9 nitrogen and oxygen atoms in total. The molecule has 0 bridgehead atoms. The van der Waals surface area contributed by atoms with E-state index in [0.717, 1.165) is 27.7 Å². The Bertz CT molecular complexity index is 1850. The predicted molar refractivity (Wildman–Crippen MR) is 202 cm³/mol. The number of carbonyl (C=O) groups is 4. The van der Waals surface area contributed by atoms with E-state index in [0.29, 0.717) is 0 Å². The summed E-state index contributed by atoms with van der Waals surface area (Å²) in [5.74, 6) is -2.63. The molecule has 1 amide bonds. The number of amides is 1. The zero-order chi connectivity index (χ0) is 37.1. The van der Waals surface area contributed by atoms with Gasteiger partial charge in [-0.25, -0.2) is 14.0 Å². The molecule has 4 aromatic carbocycles. The van der Waals surface area contributed by atoms with Gasteiger partial charge in [0.05, 0.1) is 0 Å². The van der Waals surface area contributed by atoms with Crippen molar-refractivity contribution in [1.29, 1.82) is 0 Å². The lowest BCUT2D eigenvalue weighted by Crippen LogP contribution is -2.67. The van der Waals surface area contributed by atoms with Gasteiger partial charge in [-0.2, -0.15) is 0 Å². The van der Waals surface area contributed by atoms with Crippen molar-refractivity contribution in [3.8, 4) is 5.75 Å². The van der Waals surface area contributed by atoms with Crippen LogP contribution in [0.1, 0.15) is 6.92 Å². The molecule has 4 aromatic rings. The molecule has 5 rings (SSSR count). The Balaban J connectivity index is 1.73. The first-order valence-corrected chi connectivity index (χ1v) is 19.0. The van der Waals surface area contributed by atoms with Crippen molar-refractivity contribution >= 4 is 63.1 Å². The molecule has 268 valence electrons. The number of thioether (sulfide) groups is 1. The Morgan fingerprint density at radius 3 is 1.81 bits per heavy atom. The fourth-order valence-corrected chi connectivity index (χ4v) is 11.5. The van der Waals surface area contributed by atoms with E-state index in [2.05, 4.69) is 13.2 Å². The summed E-state index contributed by atoms with van der Waals surface area (Å²) in [4.78, 5) is 56.7. The quantitative estimate of drug-likeness (QED) is 0.0644. The number of hydrogen-bond donors (Lipinski definition) is 0. The van der Waals surface area contributed by atoms with Gasteiger partial charge in [0.1, 0.15) is 47.6 Å². The van der Waals surface area contributed by atoms with Crippen LogP contribution in [0.4, 0.5) is 9.18 Å². The third kappa shape index (κ3) is 8.22. The molecule has 1 saturated heterocycles. The zero-order valence-electron chi connectivity index (χ0n) is 28.3. The third-order valence-electron chi connectivity index (χ3n) is 8.10. The average molecular weight is 742 g/mol. The molecule has 1 aliphatic rings. The van der Waals surface area contributed by atoms with Crippen LogP contribution in [-0.4, -0.2) is 64.8 Å². The first-order valence-electron chi connectivity index (χ1n) is 16.3. The zero-order valence-corrected chi connectivity index (χ0v) is 30.0. The van der Waals surface area contributed by atoms with Gasteiger partial charge in [-0.1, -0.05) is 128 Å². The maximum absolute atomic E-state index is 14.7. The summed E-state index contributed by atoms with van der Waals surface area (Å²) in [5, 5.41) is 0.699. The Morgan fingerprint density at radius 1 is 0.808 bits per heavy atom. The van der Waals surface area contributed by atoms with E-state index in [1.54, 1.807) is 0 Å². The second kappa shape index (κ2) is 17.7. The van der Waals surface area contributed by atoms with Crippen LogP contribution in [-0.2, 0) is 28.6 Å². The second-order valence-electron chi connectivity index (χ2n) is 11.4. The van der Waals surface area contributed by atoms with Crippen molar-refractivity contribution in [3.63, 3.8) is 0 Å². The highest BCUT2D eigenvalue weighted by atomic mass is 32.2. The molecule has 3 atom stereocenters. The van der Waals surface area contributed by atoms with E-state index in [4.69, 9.17) is 18.9 Å². The number of β-lactam (4-membered cyclic amide) rings is 1. The highest BCUT2D eigenvalue weighted by Gasteiger charge is 2.57. The van der Waals surface area contributed by atoms with Crippen molar-refractivity contribution in [2.75, 3.05) is 19.8 Å². The van der Waals surface area contributed by atoms with E-state index < -0.39 is 59.9 Å². The lowest BCUT2D eigenvalue weighted by molar-refractivity contribution is -0.152. The van der Waals surface area contributed by atoms with Crippen LogP contribution in [0.3, 0.4) is 0 Å². The van der Waals surface area contributed by atoms with Crippen LogP contribution >= 0.6 is 18.6 Å². The van der Waals surface area contributed by atoms with Gasteiger partial charge in [0.25, 0.3) is 0 Å². The summed E-state index contributed by atoms with van der Waals surface area (Å²) in [6.45, 7) is 4.76. The van der Waals surface area contributed by atoms with Gasteiger partial charge in [-0.15, -0.1) is 0 Å². The Kier molecular flexibility index (Phi) is 12.9. The van der Waals surface area contributed by atoms with Crippen molar-refractivity contribution in [2.24, 2.45) is 5.92 Å². The molecule has 52 heavy (non-hydrogen) atoms. The average Bonchev–Trinajstić information content (AvgIpc) is 3.16. The Labute approximate surface area is 306 Å². The number of esters is 1. The highest BCUT2D eigenvalue weighted by Crippen LogP contribution is 2.51. The number of likely N-dealkylation sites (tertiary alicyclic amines) is 1. The Morgan fingerprint density at radius 2 is 1.31 bits per heavy atom. The van der Waals surface area contributed by atoms with Gasteiger partial charge in [0.15, 0.2) is 6.61 Å². The minimum atomic E-state index is -3.29. The number of halogens is 1. The van der Waals surface area contributed by atoms with Crippen molar-refractivity contribution in [3.05, 3.63) is 146 Å². The topological polar surface area (TPSA) is 108 Å². The van der Waals surface area contributed by atoms with Crippen molar-refractivity contribution in [2.45, 2.75) is 18.4 Å². The van der Waals surface area contributed by atoms with E-state index in [9.17, 15) is 23.6 Å². The van der Waals surface area contributed by atoms with Crippen LogP contribution in [0.2, 0.25) is 0 Å². The van der Waals surface area contributed by atoms with Crippen LogP contribution in [0, 0.1) is 11.7 Å². The van der Waals surface area contributed by atoms with Gasteiger partial charge in [0, 0.05) is 6.89 Å². The number of ether oxygens (including phenoxy) is 4. The molecular weight excluding hydrogens is 704 g/mol. The van der Waals surface area contributed by atoms with E-state index in [1.807, 2.05) is 91.0 Å². The number of benzene rings is 4. The SMILES string of the molecule is C=CCOC(=O)O[C@H](C)[C@H]1C(=O)N(C(C(=O)OCC=C)=P(c2ccccc2)(c2ccccc2)c2ccccc2)[C@@H]1SC(=O)COc1ccc(F)cc1.